The molecule has 0 spiro atoms. The zero-order valence-electron chi connectivity index (χ0n) is 23.4. The van der Waals surface area contributed by atoms with Crippen LogP contribution in [0.15, 0.2) is 81.6 Å². The second-order valence-electron chi connectivity index (χ2n) is 10.3. The van der Waals surface area contributed by atoms with Gasteiger partial charge in [0.25, 0.3) is 15.1 Å². The zero-order valence-corrected chi connectivity index (χ0v) is 27.5. The van der Waals surface area contributed by atoms with Crippen LogP contribution in [0, 0.1) is 0 Å². The zero-order chi connectivity index (χ0) is 30.1. The van der Waals surface area contributed by atoms with Crippen molar-refractivity contribution >= 4 is 98.5 Å². The van der Waals surface area contributed by atoms with Crippen molar-refractivity contribution in [1.82, 2.24) is 0 Å². The molecule has 5 aromatic rings. The molecule has 0 saturated heterocycles. The molecule has 3 aromatic carbocycles. The number of hydrogen-bond donors (Lipinski definition) is 2. The van der Waals surface area contributed by atoms with Gasteiger partial charge in [-0.05, 0) is 65.6 Å². The standard InChI is InChI=1S/C31H30N2O5S5/c1-2-21(19-28-32(14-5-17-42(34)35)30-23-8-4-3-7-22(23)9-10-26(30)40-28)20-29-33(15-6-18-43(36,37)38)31-24-13-16-39-25(24)11-12-27(31)41-29/h3-4,7-13,16,19-20H,2,5-6,14-15,17-18H2,1H3,(H-,34,35,36,37,38)/p+1. The number of fused-ring (bicyclic) bond motifs is 6. The second-order valence-corrected chi connectivity index (χ2v) is 16.0. The minimum atomic E-state index is -4.06. The normalized spacial score (nSPS) is 15.7. The van der Waals surface area contributed by atoms with Crippen molar-refractivity contribution in [2.45, 2.75) is 37.6 Å². The maximum absolute atomic E-state index is 11.5. The fraction of sp³-hybridized carbons (Fsp3) is 0.258. The van der Waals surface area contributed by atoms with E-state index >= 15 is 0 Å². The van der Waals surface area contributed by atoms with Gasteiger partial charge < -0.3 is 9.45 Å². The van der Waals surface area contributed by atoms with Gasteiger partial charge in [0.05, 0.1) is 27.6 Å². The summed E-state index contributed by atoms with van der Waals surface area (Å²) in [5.74, 6) is -0.0747. The van der Waals surface area contributed by atoms with Crippen LogP contribution in [-0.4, -0.2) is 39.8 Å². The van der Waals surface area contributed by atoms with Crippen molar-refractivity contribution in [3.8, 4) is 0 Å². The maximum Gasteiger partial charge on any atom is 0.264 e. The minimum Gasteiger partial charge on any atom is -0.334 e. The Morgan fingerprint density at radius 1 is 1.05 bits per heavy atom. The van der Waals surface area contributed by atoms with Crippen LogP contribution in [0.25, 0.3) is 37.2 Å². The number of hydrogen-bond acceptors (Lipinski definition) is 7. The van der Waals surface area contributed by atoms with Crippen molar-refractivity contribution < 1.29 is 26.3 Å². The summed E-state index contributed by atoms with van der Waals surface area (Å²) >= 11 is 3.22. The van der Waals surface area contributed by atoms with E-state index in [1.807, 2.05) is 12.1 Å². The third-order valence-corrected chi connectivity index (χ3v) is 12.0. The summed E-state index contributed by atoms with van der Waals surface area (Å²) in [5, 5.41) is 7.61. The predicted octanol–water partition coefficient (Wildman–Crippen LogP) is 7.69. The van der Waals surface area contributed by atoms with Crippen LogP contribution in [0.5, 0.6) is 0 Å². The van der Waals surface area contributed by atoms with Crippen molar-refractivity contribution in [3.63, 3.8) is 0 Å². The van der Waals surface area contributed by atoms with Gasteiger partial charge in [0.1, 0.15) is 4.70 Å². The molecule has 7 nitrogen and oxygen atoms in total. The van der Waals surface area contributed by atoms with Crippen molar-refractivity contribution in [3.05, 3.63) is 81.7 Å². The van der Waals surface area contributed by atoms with E-state index in [1.54, 1.807) is 34.4 Å². The first-order chi connectivity index (χ1) is 20.7. The Morgan fingerprint density at radius 2 is 1.86 bits per heavy atom. The van der Waals surface area contributed by atoms with E-state index in [4.69, 9.17) is 0 Å². The molecule has 2 N–H and O–H groups in total. The molecule has 1 aliphatic heterocycles. The topological polar surface area (TPSA) is 98.8 Å². The number of thiazole rings is 1. The predicted molar refractivity (Wildman–Crippen MR) is 182 cm³/mol. The van der Waals surface area contributed by atoms with E-state index in [0.29, 0.717) is 25.9 Å². The number of thiophene rings is 1. The molecule has 2 aromatic heterocycles. The number of thioether (sulfide) groups is 1. The van der Waals surface area contributed by atoms with Crippen molar-refractivity contribution in [2.75, 3.05) is 23.0 Å². The molecule has 12 heteroatoms. The molecule has 1 aliphatic rings. The lowest BCUT2D eigenvalue weighted by Gasteiger charge is -2.21. The van der Waals surface area contributed by atoms with Gasteiger partial charge in [-0.2, -0.15) is 13.0 Å². The molecule has 0 aliphatic carbocycles. The van der Waals surface area contributed by atoms with Crippen molar-refractivity contribution in [2.24, 2.45) is 0 Å². The van der Waals surface area contributed by atoms with E-state index in [2.05, 4.69) is 76.4 Å². The lowest BCUT2D eigenvalue weighted by molar-refractivity contribution is -0.667. The average molecular weight is 672 g/mol. The second kappa shape index (κ2) is 12.8. The van der Waals surface area contributed by atoms with E-state index in [-0.39, 0.29) is 11.5 Å². The highest BCUT2D eigenvalue weighted by atomic mass is 32.2. The first-order valence-corrected chi connectivity index (χ1v) is 19.4. The number of anilines is 1. The summed E-state index contributed by atoms with van der Waals surface area (Å²) in [7, 11) is -4.06. The fourth-order valence-electron chi connectivity index (χ4n) is 5.49. The summed E-state index contributed by atoms with van der Waals surface area (Å²) < 4.78 is 57.9. The molecule has 43 heavy (non-hydrogen) atoms. The molecule has 0 fully saturated rings. The number of nitrogens with zero attached hydrogens (tertiary/aromatic N) is 2. The monoisotopic (exact) mass is 671 g/mol. The summed E-state index contributed by atoms with van der Waals surface area (Å²) in [5.41, 5.74) is 3.34. The highest BCUT2D eigenvalue weighted by molar-refractivity contribution is 8.03. The number of rotatable bonds is 11. The molecule has 0 bridgehead atoms. The van der Waals surface area contributed by atoms with Gasteiger partial charge in [-0.25, -0.2) is 4.21 Å². The molecule has 224 valence electrons. The summed E-state index contributed by atoms with van der Waals surface area (Å²) in [4.78, 5) is 3.31. The van der Waals surface area contributed by atoms with Crippen LogP contribution >= 0.6 is 34.4 Å². The molecular formula is C31H31N2O5S5+. The van der Waals surface area contributed by atoms with E-state index < -0.39 is 21.2 Å². The highest BCUT2D eigenvalue weighted by Crippen LogP contribution is 2.50. The Labute approximate surface area is 265 Å². The quantitative estimate of drug-likeness (QED) is 0.0844. The number of allylic oxidation sites excluding steroid dienone is 2. The first kappa shape index (κ1) is 30.4. The van der Waals surface area contributed by atoms with Gasteiger partial charge in [0, 0.05) is 34.0 Å². The third-order valence-electron chi connectivity index (χ3n) is 7.44. The summed E-state index contributed by atoms with van der Waals surface area (Å²) in [6.45, 7) is 3.21. The van der Waals surface area contributed by atoms with Gasteiger partial charge in [-0.3, -0.25) is 4.55 Å². The highest BCUT2D eigenvalue weighted by Gasteiger charge is 2.28. The van der Waals surface area contributed by atoms with Crippen LogP contribution in [0.1, 0.15) is 31.2 Å². The Balaban J connectivity index is 1.43. The van der Waals surface area contributed by atoms with Gasteiger partial charge in [-0.15, -0.1) is 11.3 Å². The Bertz CT molecular complexity index is 2030. The number of aromatic nitrogens is 1. The SMILES string of the molecule is CCC(/C=C1\Sc2ccc3sccc3c2N1CCCS(=O)(=O)O)=C\c1sc2ccc3ccccc3c2[n+]1CCCS(=O)O. The van der Waals surface area contributed by atoms with Crippen LogP contribution in [-0.2, 0) is 27.7 Å². The molecule has 3 heterocycles. The fourth-order valence-corrected chi connectivity index (χ4v) is 9.52. The molecule has 6 rings (SSSR count). The van der Waals surface area contributed by atoms with E-state index in [9.17, 15) is 21.7 Å². The van der Waals surface area contributed by atoms with Gasteiger partial charge >= 0.3 is 0 Å². The third kappa shape index (κ3) is 6.60. The average Bonchev–Trinajstić information content (AvgIpc) is 3.67. The Kier molecular flexibility index (Phi) is 9.06. The van der Waals surface area contributed by atoms with Crippen LogP contribution in [0.3, 0.4) is 0 Å². The van der Waals surface area contributed by atoms with Gasteiger partial charge in [0.2, 0.25) is 5.52 Å². The largest absolute Gasteiger partial charge is 0.334 e. The minimum absolute atomic E-state index is 0.216. The van der Waals surface area contributed by atoms with Crippen LogP contribution < -0.4 is 9.47 Å². The molecular weight excluding hydrogens is 641 g/mol. The van der Waals surface area contributed by atoms with Crippen LogP contribution in [0.4, 0.5) is 5.69 Å². The lowest BCUT2D eigenvalue weighted by atomic mass is 10.1. The Morgan fingerprint density at radius 3 is 2.65 bits per heavy atom. The summed E-state index contributed by atoms with van der Waals surface area (Å²) in [6.07, 6.45) is 6.06. The number of aryl methyl sites for hydroxylation is 1. The molecule has 1 atom stereocenters. The Hall–Kier alpha value is -2.58. The molecule has 0 amide bonds. The number of benzene rings is 3. The molecule has 0 radical (unpaired) electrons. The smallest absolute Gasteiger partial charge is 0.264 e. The van der Waals surface area contributed by atoms with E-state index in [1.165, 1.54) is 4.70 Å². The lowest BCUT2D eigenvalue weighted by Crippen LogP contribution is -2.36. The van der Waals surface area contributed by atoms with Gasteiger partial charge in [0.15, 0.2) is 17.6 Å². The first-order valence-electron chi connectivity index (χ1n) is 14.0. The molecule has 1 unspecified atom stereocenters. The van der Waals surface area contributed by atoms with Crippen LogP contribution in [0.2, 0.25) is 0 Å². The van der Waals surface area contributed by atoms with Crippen molar-refractivity contribution in [1.29, 1.82) is 0 Å². The maximum atomic E-state index is 11.5. The van der Waals surface area contributed by atoms with E-state index in [0.717, 1.165) is 59.0 Å². The summed E-state index contributed by atoms with van der Waals surface area (Å²) in [6, 6.07) is 19.0. The molecule has 0 saturated carbocycles. The van der Waals surface area contributed by atoms with Gasteiger partial charge in [-0.1, -0.05) is 54.3 Å².